The number of phosphoric ester groups is 3. The highest BCUT2D eigenvalue weighted by molar-refractivity contribution is 7.47. The zero-order chi connectivity index (χ0) is 43.6. The first kappa shape index (κ1) is 53.0. The van der Waals surface area contributed by atoms with Gasteiger partial charge in [0.1, 0.15) is 43.2 Å². The number of esters is 2. The number of hydrogen-bond acceptors (Lipinski definition) is 14. The van der Waals surface area contributed by atoms with Gasteiger partial charge in [0.2, 0.25) is 0 Å². The molecule has 1 aliphatic rings. The van der Waals surface area contributed by atoms with Crippen LogP contribution in [-0.2, 0) is 50.9 Å². The lowest BCUT2D eigenvalue weighted by Crippen LogP contribution is -2.65. The lowest BCUT2D eigenvalue weighted by molar-refractivity contribution is -0.213. The molecule has 8 atom stereocenters. The van der Waals surface area contributed by atoms with Gasteiger partial charge in [0, 0.05) is 12.3 Å². The molecule has 1 rings (SSSR count). The van der Waals surface area contributed by atoms with Gasteiger partial charge in [0.25, 0.3) is 0 Å². The fraction of sp³-hybridized carbons (Fsp3) is 0.667. The lowest BCUT2D eigenvalue weighted by Gasteiger charge is -2.44. The first-order chi connectivity index (χ1) is 27.3. The quantitative estimate of drug-likeness (QED) is 0.0203. The number of aliphatic hydroxyl groups excluding tert-OH is 3. The van der Waals surface area contributed by atoms with Crippen LogP contribution in [0.1, 0.15) is 96.8 Å². The van der Waals surface area contributed by atoms with E-state index in [1.54, 1.807) is 0 Å². The molecule has 0 saturated heterocycles. The van der Waals surface area contributed by atoms with Crippen LogP contribution in [0.15, 0.2) is 0 Å². The average Bonchev–Trinajstić information content (AvgIpc) is 3.14. The van der Waals surface area contributed by atoms with E-state index in [2.05, 4.69) is 57.4 Å². The lowest BCUT2D eigenvalue weighted by atomic mass is 9.85. The third kappa shape index (κ3) is 24.8. The fourth-order valence-electron chi connectivity index (χ4n) is 5.34. The third-order valence-electron chi connectivity index (χ3n) is 8.01. The summed E-state index contributed by atoms with van der Waals surface area (Å²) in [6.45, 7) is 0.379. The summed E-state index contributed by atoms with van der Waals surface area (Å²) in [6, 6.07) is 0. The highest BCUT2D eigenvalue weighted by Crippen LogP contribution is 2.51. The highest BCUT2D eigenvalue weighted by Gasteiger charge is 2.56. The largest absolute Gasteiger partial charge is 0.472 e. The molecule has 22 heteroatoms. The van der Waals surface area contributed by atoms with E-state index in [0.29, 0.717) is 12.8 Å². The molecule has 0 aromatic rings. The second kappa shape index (κ2) is 28.4. The Bertz CT molecular complexity index is 1740. The Labute approximate surface area is 338 Å². The van der Waals surface area contributed by atoms with Crippen molar-refractivity contribution >= 4 is 35.4 Å². The molecule has 324 valence electrons. The van der Waals surface area contributed by atoms with Gasteiger partial charge >= 0.3 is 35.4 Å². The predicted molar refractivity (Wildman–Crippen MR) is 204 cm³/mol. The summed E-state index contributed by atoms with van der Waals surface area (Å²) in [5, 5.41) is 31.6. The zero-order valence-corrected chi connectivity index (χ0v) is 34.5. The highest BCUT2D eigenvalue weighted by atomic mass is 31.2. The average molecular weight is 881 g/mol. The van der Waals surface area contributed by atoms with E-state index in [4.69, 9.17) is 34.7 Å². The maximum atomic E-state index is 12.9. The summed E-state index contributed by atoms with van der Waals surface area (Å²) in [6.07, 6.45) is 2.00. The van der Waals surface area contributed by atoms with Crippen LogP contribution < -0.4 is 0 Å². The fourth-order valence-corrected chi connectivity index (χ4v) is 7.44. The summed E-state index contributed by atoms with van der Waals surface area (Å²) in [5.41, 5.74) is 0. The van der Waals surface area contributed by atoms with Crippen LogP contribution in [-0.4, -0.2) is 108 Å². The van der Waals surface area contributed by atoms with Gasteiger partial charge in [-0.2, -0.15) is 0 Å². The first-order valence-electron chi connectivity index (χ1n) is 18.3. The molecule has 0 aromatic carbocycles. The van der Waals surface area contributed by atoms with Crippen molar-refractivity contribution in [2.45, 2.75) is 140 Å². The Hall–Kier alpha value is -3.05. The number of carbonyl (C=O) groups excluding carboxylic acids is 2. The van der Waals surface area contributed by atoms with Crippen molar-refractivity contribution in [2.24, 2.45) is 0 Å². The number of ether oxygens (including phenoxy) is 2. The minimum Gasteiger partial charge on any atom is -0.456 e. The molecule has 0 radical (unpaired) electrons. The second-order valence-corrected chi connectivity index (χ2v) is 16.6. The van der Waals surface area contributed by atoms with E-state index in [9.17, 15) is 53.3 Å². The summed E-state index contributed by atoms with van der Waals surface area (Å²) in [7, 11) is -16.7. The van der Waals surface area contributed by atoms with E-state index in [0.717, 1.165) is 25.7 Å². The smallest absolute Gasteiger partial charge is 0.456 e. The van der Waals surface area contributed by atoms with Gasteiger partial charge < -0.3 is 49.3 Å². The van der Waals surface area contributed by atoms with Crippen molar-refractivity contribution in [2.75, 3.05) is 13.2 Å². The van der Waals surface area contributed by atoms with Crippen molar-refractivity contribution in [1.82, 2.24) is 0 Å². The molecule has 0 heterocycles. The van der Waals surface area contributed by atoms with Crippen LogP contribution in [0.2, 0.25) is 0 Å². The Morgan fingerprint density at radius 2 is 1.05 bits per heavy atom. The van der Waals surface area contributed by atoms with Crippen molar-refractivity contribution in [3.63, 3.8) is 0 Å². The Morgan fingerprint density at radius 3 is 1.55 bits per heavy atom. The summed E-state index contributed by atoms with van der Waals surface area (Å²) in [4.78, 5) is 72.1. The summed E-state index contributed by atoms with van der Waals surface area (Å²) in [5.74, 6) is 17.9. The molecule has 0 aromatic heterocycles. The molecular formula is C36H51O19P3. The third-order valence-corrected chi connectivity index (χ3v) is 10.0. The molecule has 1 fully saturated rings. The number of terminal acetylenes is 1. The number of rotatable bonds is 26. The van der Waals surface area contributed by atoms with E-state index < -0.39 is 91.3 Å². The maximum Gasteiger partial charge on any atom is 0.472 e. The number of carbonyl (C=O) groups is 2. The molecule has 8 N–H and O–H groups in total. The van der Waals surface area contributed by atoms with Gasteiger partial charge in [-0.05, 0) is 53.8 Å². The van der Waals surface area contributed by atoms with Gasteiger partial charge in [0.15, 0.2) is 6.10 Å². The Morgan fingerprint density at radius 1 is 0.603 bits per heavy atom. The van der Waals surface area contributed by atoms with E-state index in [1.807, 2.05) is 11.8 Å². The van der Waals surface area contributed by atoms with E-state index in [1.165, 1.54) is 44.9 Å². The minimum absolute atomic E-state index is 0.0746. The Kier molecular flexibility index (Phi) is 26.0. The van der Waals surface area contributed by atoms with Gasteiger partial charge in [-0.15, -0.1) is 6.42 Å². The van der Waals surface area contributed by atoms with Crippen molar-refractivity contribution in [3.05, 3.63) is 0 Å². The molecule has 19 nitrogen and oxygen atoms in total. The molecule has 0 aliphatic heterocycles. The normalized spacial score (nSPS) is 21.7. The standard InChI is InChI=1S/C36H51O19P3/c1-3-5-7-9-11-13-14-15-16-17-19-21-23-25-30(38)52-28(26-50-29(37)24-22-20-18-12-10-8-6-4-2)27-51-58(48,49)55-34-31(39)32(40)35(53-56(42,43)44)36(33(34)41)54-57(45,46)47/h2,28,31-36,39-41H,3,5,7,9,11,13-17,19,21,23,25-27H2,1H3,(H,48,49)(H2,42,43,44)(H2,45,46,47)/t28-,31+,32?,33?,34?,35-,36+/m1/s1. The molecular weight excluding hydrogens is 829 g/mol. The number of unbranched alkanes of at least 4 members (excludes halogenated alkanes) is 12. The van der Waals surface area contributed by atoms with Crippen LogP contribution >= 0.6 is 23.5 Å². The van der Waals surface area contributed by atoms with Crippen LogP contribution in [0.3, 0.4) is 0 Å². The molecule has 0 amide bonds. The van der Waals surface area contributed by atoms with Gasteiger partial charge in [-0.3, -0.25) is 22.9 Å². The minimum atomic E-state index is -5.62. The zero-order valence-electron chi connectivity index (χ0n) is 31.8. The van der Waals surface area contributed by atoms with Gasteiger partial charge in [0.05, 0.1) is 6.61 Å². The maximum absolute atomic E-state index is 12.9. The van der Waals surface area contributed by atoms with Gasteiger partial charge in [-0.25, -0.2) is 18.5 Å². The van der Waals surface area contributed by atoms with Crippen molar-refractivity contribution in [3.8, 4) is 59.7 Å². The first-order valence-corrected chi connectivity index (χ1v) is 22.9. The molecule has 4 unspecified atom stereocenters. The number of phosphoric acid groups is 3. The summed E-state index contributed by atoms with van der Waals surface area (Å²) >= 11 is 0. The number of hydrogen-bond donors (Lipinski definition) is 8. The monoisotopic (exact) mass is 880 g/mol. The molecule has 0 bridgehead atoms. The van der Waals surface area contributed by atoms with E-state index >= 15 is 0 Å². The molecule has 1 aliphatic carbocycles. The second-order valence-electron chi connectivity index (χ2n) is 12.8. The molecule has 1 saturated carbocycles. The van der Waals surface area contributed by atoms with Crippen LogP contribution in [0.4, 0.5) is 0 Å². The Balaban J connectivity index is 2.92. The molecule has 58 heavy (non-hydrogen) atoms. The van der Waals surface area contributed by atoms with Crippen LogP contribution in [0.25, 0.3) is 0 Å². The molecule has 0 spiro atoms. The van der Waals surface area contributed by atoms with E-state index in [-0.39, 0.29) is 6.42 Å². The summed E-state index contributed by atoms with van der Waals surface area (Å²) < 4.78 is 64.3. The van der Waals surface area contributed by atoms with Crippen molar-refractivity contribution < 1.29 is 90.6 Å². The SMILES string of the molecule is C#CC#CC#CC#CC#CC(=O)OC[C@H](COP(=O)(O)OC1C(O)[C@H](OP(=O)(O)O)[C@H](OP(=O)(O)O)C(O)[C@@H]1O)OC(=O)CCCCCCCCCCCCCCC. The van der Waals surface area contributed by atoms with Crippen LogP contribution in [0.5, 0.6) is 0 Å². The topological polar surface area (TPSA) is 303 Å². The van der Waals surface area contributed by atoms with Crippen LogP contribution in [0, 0.1) is 59.7 Å². The number of aliphatic hydroxyl groups is 3. The van der Waals surface area contributed by atoms with Crippen molar-refractivity contribution in [1.29, 1.82) is 0 Å². The van der Waals surface area contributed by atoms with Gasteiger partial charge in [-0.1, -0.05) is 84.0 Å². The predicted octanol–water partition coefficient (Wildman–Crippen LogP) is 2.12.